The standard InChI is InChI=1S/C11H11N2O.ClH.Mg/c1-9-7-13(8-12-9)10-5-3-4-6-11(10)14-2;;/h3,5-8H,1-2H3;1H;/q-1;;+2/p-1. The topological polar surface area (TPSA) is 27.1 Å². The van der Waals surface area contributed by atoms with Crippen LogP contribution < -0.4 is 17.1 Å². The molecular formula is C11H11ClMgN2O. The van der Waals surface area contributed by atoms with Crippen LogP contribution in [0.3, 0.4) is 0 Å². The molecule has 0 aliphatic carbocycles. The van der Waals surface area contributed by atoms with Crippen LogP contribution in [-0.2, 0) is 0 Å². The van der Waals surface area contributed by atoms with E-state index in [2.05, 4.69) is 11.1 Å². The van der Waals surface area contributed by atoms with Gasteiger partial charge in [-0.3, -0.25) is 0 Å². The minimum Gasteiger partial charge on any atom is -1.00 e. The summed E-state index contributed by atoms with van der Waals surface area (Å²) in [5.41, 5.74) is 1.96. The summed E-state index contributed by atoms with van der Waals surface area (Å²) < 4.78 is 7.16. The maximum atomic E-state index is 5.23. The summed E-state index contributed by atoms with van der Waals surface area (Å²) in [6.45, 7) is 1.96. The maximum Gasteiger partial charge on any atom is 2.00 e. The van der Waals surface area contributed by atoms with Gasteiger partial charge in [0.15, 0.2) is 0 Å². The van der Waals surface area contributed by atoms with Crippen LogP contribution in [0.4, 0.5) is 0 Å². The van der Waals surface area contributed by atoms with Crippen molar-refractivity contribution in [1.29, 1.82) is 0 Å². The Kier molecular flexibility index (Phi) is 6.48. The summed E-state index contributed by atoms with van der Waals surface area (Å²) in [4.78, 5) is 4.17. The number of halogens is 1. The monoisotopic (exact) mass is 246 g/mol. The largest absolute Gasteiger partial charge is 2.00 e. The van der Waals surface area contributed by atoms with Gasteiger partial charge in [-0.1, -0.05) is 0 Å². The molecule has 16 heavy (non-hydrogen) atoms. The molecule has 0 bridgehead atoms. The first-order valence-electron chi connectivity index (χ1n) is 4.36. The Morgan fingerprint density at radius 3 is 2.75 bits per heavy atom. The molecule has 0 N–H and O–H groups in total. The number of imidazole rings is 1. The summed E-state index contributed by atoms with van der Waals surface area (Å²) >= 11 is 0. The smallest absolute Gasteiger partial charge is 1.00 e. The minimum atomic E-state index is 0. The van der Waals surface area contributed by atoms with Crippen molar-refractivity contribution in [3.05, 3.63) is 42.5 Å². The van der Waals surface area contributed by atoms with Crippen molar-refractivity contribution in [3.8, 4) is 11.4 Å². The van der Waals surface area contributed by atoms with E-state index in [-0.39, 0.29) is 35.5 Å². The molecule has 1 aromatic heterocycles. The molecule has 0 spiro atoms. The second kappa shape index (κ2) is 6.78. The first kappa shape index (κ1) is 15.3. The van der Waals surface area contributed by atoms with Gasteiger partial charge in [-0.05, 0) is 12.6 Å². The first-order chi connectivity index (χ1) is 6.81. The molecule has 5 heteroatoms. The van der Waals surface area contributed by atoms with Crippen molar-refractivity contribution in [2.24, 2.45) is 0 Å². The molecule has 0 radical (unpaired) electrons. The van der Waals surface area contributed by atoms with Gasteiger partial charge in [0.1, 0.15) is 0 Å². The second-order valence-electron chi connectivity index (χ2n) is 3.02. The van der Waals surface area contributed by atoms with Gasteiger partial charge in [-0.2, -0.15) is 12.1 Å². The molecule has 1 heterocycles. The van der Waals surface area contributed by atoms with Crippen LogP contribution in [0.5, 0.6) is 5.75 Å². The number of hydrogen-bond acceptors (Lipinski definition) is 2. The zero-order valence-corrected chi connectivity index (χ0v) is 11.4. The van der Waals surface area contributed by atoms with Gasteiger partial charge in [0.25, 0.3) is 0 Å². The normalized spacial score (nSPS) is 8.88. The van der Waals surface area contributed by atoms with Crippen molar-refractivity contribution in [1.82, 2.24) is 9.55 Å². The predicted octanol–water partition coefficient (Wildman–Crippen LogP) is -1.39. The van der Waals surface area contributed by atoms with E-state index in [1.54, 1.807) is 13.4 Å². The fourth-order valence-electron chi connectivity index (χ4n) is 1.34. The van der Waals surface area contributed by atoms with Crippen molar-refractivity contribution >= 4 is 23.1 Å². The second-order valence-corrected chi connectivity index (χ2v) is 3.02. The third-order valence-electron chi connectivity index (χ3n) is 2.01. The molecule has 0 saturated heterocycles. The molecule has 0 unspecified atom stereocenters. The Morgan fingerprint density at radius 2 is 2.19 bits per heavy atom. The fraction of sp³-hybridized carbons (Fsp3) is 0.182. The van der Waals surface area contributed by atoms with E-state index >= 15 is 0 Å². The van der Waals surface area contributed by atoms with Crippen LogP contribution in [0.1, 0.15) is 5.69 Å². The van der Waals surface area contributed by atoms with Gasteiger partial charge in [0, 0.05) is 11.9 Å². The van der Waals surface area contributed by atoms with Gasteiger partial charge in [0.2, 0.25) is 0 Å². The van der Waals surface area contributed by atoms with E-state index in [0.29, 0.717) is 0 Å². The number of ether oxygens (including phenoxy) is 1. The van der Waals surface area contributed by atoms with Crippen molar-refractivity contribution in [3.63, 3.8) is 0 Å². The van der Waals surface area contributed by atoms with Crippen molar-refractivity contribution < 1.29 is 17.1 Å². The molecule has 0 atom stereocenters. The van der Waals surface area contributed by atoms with E-state index in [4.69, 9.17) is 4.74 Å². The quantitative estimate of drug-likeness (QED) is 0.482. The average molecular weight is 247 g/mol. The first-order valence-corrected chi connectivity index (χ1v) is 4.36. The van der Waals surface area contributed by atoms with E-state index in [1.165, 1.54) is 0 Å². The molecule has 0 aliphatic heterocycles. The van der Waals surface area contributed by atoms with Gasteiger partial charge in [-0.15, -0.1) is 12.1 Å². The van der Waals surface area contributed by atoms with Crippen molar-refractivity contribution in [2.45, 2.75) is 6.92 Å². The average Bonchev–Trinajstić information content (AvgIpc) is 2.65. The zero-order valence-electron chi connectivity index (χ0n) is 9.27. The van der Waals surface area contributed by atoms with E-state index < -0.39 is 0 Å². The maximum absolute atomic E-state index is 5.23. The van der Waals surface area contributed by atoms with Crippen LogP contribution in [0.15, 0.2) is 30.7 Å². The number of aryl methyl sites for hydroxylation is 1. The van der Waals surface area contributed by atoms with E-state index in [1.807, 2.05) is 35.9 Å². The Balaban J connectivity index is 0.00000112. The number of hydrogen-bond donors (Lipinski definition) is 0. The summed E-state index contributed by atoms with van der Waals surface area (Å²) in [6.07, 6.45) is 3.73. The van der Waals surface area contributed by atoms with Crippen molar-refractivity contribution in [2.75, 3.05) is 7.11 Å². The molecule has 2 aromatic rings. The number of methoxy groups -OCH3 is 1. The molecule has 0 saturated carbocycles. The van der Waals surface area contributed by atoms with Crippen LogP contribution in [0.2, 0.25) is 0 Å². The Morgan fingerprint density at radius 1 is 1.44 bits per heavy atom. The van der Waals surface area contributed by atoms with E-state index in [9.17, 15) is 0 Å². The number of benzene rings is 1. The molecule has 3 nitrogen and oxygen atoms in total. The number of rotatable bonds is 2. The summed E-state index contributed by atoms with van der Waals surface area (Å²) in [5, 5.41) is 0. The molecule has 0 fully saturated rings. The predicted molar refractivity (Wildman–Crippen MR) is 59.4 cm³/mol. The SMILES string of the molecule is COc1c[c-]ccc1-n1cnc(C)c1.[Cl-].[Mg+2]. The third-order valence-corrected chi connectivity index (χ3v) is 2.01. The van der Waals surface area contributed by atoms with Gasteiger partial charge < -0.3 is 21.7 Å². The van der Waals surface area contributed by atoms with E-state index in [0.717, 1.165) is 17.1 Å². The Hall–Kier alpha value is -0.714. The summed E-state index contributed by atoms with van der Waals surface area (Å²) in [6, 6.07) is 8.58. The van der Waals surface area contributed by atoms with Crippen LogP contribution in [0, 0.1) is 13.0 Å². The van der Waals surface area contributed by atoms with Gasteiger partial charge in [-0.25, -0.2) is 4.98 Å². The molecule has 2 rings (SSSR count). The molecule has 0 aliphatic rings. The zero-order chi connectivity index (χ0) is 9.97. The Bertz CT molecular complexity index is 445. The molecule has 80 valence electrons. The summed E-state index contributed by atoms with van der Waals surface area (Å²) in [5.74, 6) is 0.796. The molecule has 0 amide bonds. The van der Waals surface area contributed by atoms with Crippen LogP contribution in [0.25, 0.3) is 5.69 Å². The number of nitrogens with zero attached hydrogens (tertiary/aromatic N) is 2. The fourth-order valence-corrected chi connectivity index (χ4v) is 1.34. The molecular weight excluding hydrogens is 236 g/mol. The van der Waals surface area contributed by atoms with Gasteiger partial charge >= 0.3 is 23.1 Å². The van der Waals surface area contributed by atoms with Crippen LogP contribution in [-0.4, -0.2) is 39.7 Å². The van der Waals surface area contributed by atoms with Crippen LogP contribution >= 0.6 is 0 Å². The number of aromatic nitrogens is 2. The van der Waals surface area contributed by atoms with Gasteiger partial charge in [0.05, 0.1) is 19.1 Å². The molecule has 1 aromatic carbocycles. The minimum absolute atomic E-state index is 0. The Labute approximate surface area is 117 Å². The third kappa shape index (κ3) is 3.14. The summed E-state index contributed by atoms with van der Waals surface area (Å²) in [7, 11) is 1.65.